The molecule has 22 heavy (non-hydrogen) atoms. The fourth-order valence-electron chi connectivity index (χ4n) is 3.95. The summed E-state index contributed by atoms with van der Waals surface area (Å²) in [6.45, 7) is 11.6. The molecule has 1 aliphatic heterocycles. The highest BCUT2D eigenvalue weighted by molar-refractivity contribution is 6.30. The maximum atomic E-state index is 12.9. The molecule has 0 aliphatic carbocycles. The van der Waals surface area contributed by atoms with Crippen molar-refractivity contribution >= 4 is 23.2 Å². The van der Waals surface area contributed by atoms with Gasteiger partial charge in [-0.1, -0.05) is 18.5 Å². The van der Waals surface area contributed by atoms with Gasteiger partial charge in [0.25, 0.3) is 5.91 Å². The predicted octanol–water partition coefficient (Wildman–Crippen LogP) is 4.30. The Morgan fingerprint density at radius 3 is 2.23 bits per heavy atom. The largest absolute Gasteiger partial charge is 0.320 e. The number of carbonyl (C=O) groups excluding carboxylic acids is 1. The van der Waals surface area contributed by atoms with Crippen molar-refractivity contribution in [3.63, 3.8) is 0 Å². The van der Waals surface area contributed by atoms with E-state index >= 15 is 0 Å². The molecular weight excluding hydrogens is 296 g/mol. The van der Waals surface area contributed by atoms with Crippen molar-refractivity contribution in [2.75, 3.05) is 25.0 Å². The molecule has 2 rings (SSSR count). The van der Waals surface area contributed by atoms with Gasteiger partial charge in [0.05, 0.1) is 19.6 Å². The fourth-order valence-corrected chi connectivity index (χ4v) is 4.28. The molecule has 3 nitrogen and oxygen atoms in total. The second-order valence-electron chi connectivity index (χ2n) is 6.52. The van der Waals surface area contributed by atoms with Crippen LogP contribution in [0.2, 0.25) is 5.02 Å². The molecule has 1 fully saturated rings. The number of rotatable bonds is 5. The highest BCUT2D eigenvalue weighted by Crippen LogP contribution is 2.29. The average molecular weight is 324 g/mol. The first-order valence-electron chi connectivity index (χ1n) is 8.37. The lowest BCUT2D eigenvalue weighted by molar-refractivity contribution is -0.930. The summed E-state index contributed by atoms with van der Waals surface area (Å²) in [5.74, 6) is 0.153. The highest BCUT2D eigenvalue weighted by Gasteiger charge is 2.41. The molecule has 1 heterocycles. The van der Waals surface area contributed by atoms with Crippen molar-refractivity contribution in [3.8, 4) is 0 Å². The number of likely N-dealkylation sites (N-methyl/N-ethyl adjacent to an activating group) is 1. The number of nitrogens with one attached hydrogen (secondary N) is 1. The van der Waals surface area contributed by atoms with Crippen molar-refractivity contribution in [2.24, 2.45) is 0 Å². The maximum absolute atomic E-state index is 12.9. The standard InChI is InChI=1S/C18H27ClN2O/c1-5-16(21(6-2)9-7-8-10-21)18(22)20-17-13(3)11-15(19)12-14(17)4/h11-12,16H,5-10H2,1-4H3/p+1. The third-order valence-electron chi connectivity index (χ3n) is 5.18. The molecule has 1 aromatic carbocycles. The molecule has 1 aromatic rings. The van der Waals surface area contributed by atoms with Gasteiger partial charge in [0.1, 0.15) is 0 Å². The van der Waals surface area contributed by atoms with Crippen LogP contribution in [0.5, 0.6) is 0 Å². The van der Waals surface area contributed by atoms with Crippen LogP contribution in [0.15, 0.2) is 12.1 Å². The van der Waals surface area contributed by atoms with Gasteiger partial charge in [-0.05, 0) is 44.0 Å². The number of benzene rings is 1. The number of quaternary nitrogens is 1. The van der Waals surface area contributed by atoms with Crippen molar-refractivity contribution in [1.82, 2.24) is 0 Å². The molecule has 4 heteroatoms. The number of anilines is 1. The molecule has 0 saturated carbocycles. The van der Waals surface area contributed by atoms with Crippen LogP contribution in [0.3, 0.4) is 0 Å². The number of aryl methyl sites for hydroxylation is 2. The van der Waals surface area contributed by atoms with E-state index in [0.717, 1.165) is 52.4 Å². The molecular formula is C18H28ClN2O+. The summed E-state index contributed by atoms with van der Waals surface area (Å²) in [6, 6.07) is 3.86. The van der Waals surface area contributed by atoms with Crippen LogP contribution in [0.4, 0.5) is 5.69 Å². The first-order chi connectivity index (χ1) is 10.4. The van der Waals surface area contributed by atoms with Crippen LogP contribution in [0.25, 0.3) is 0 Å². The van der Waals surface area contributed by atoms with Gasteiger partial charge in [-0.15, -0.1) is 0 Å². The molecule has 1 aliphatic rings. The lowest BCUT2D eigenvalue weighted by Crippen LogP contribution is -2.57. The van der Waals surface area contributed by atoms with Gasteiger partial charge in [0, 0.05) is 30.0 Å². The number of hydrogen-bond donors (Lipinski definition) is 1. The van der Waals surface area contributed by atoms with Crippen LogP contribution in [0, 0.1) is 13.8 Å². The van der Waals surface area contributed by atoms with Crippen molar-refractivity contribution < 1.29 is 9.28 Å². The second-order valence-corrected chi connectivity index (χ2v) is 6.95. The summed E-state index contributed by atoms with van der Waals surface area (Å²) in [4.78, 5) is 12.9. The molecule has 0 bridgehead atoms. The van der Waals surface area contributed by atoms with E-state index in [-0.39, 0.29) is 11.9 Å². The van der Waals surface area contributed by atoms with Gasteiger partial charge < -0.3 is 9.80 Å². The van der Waals surface area contributed by atoms with Crippen molar-refractivity contribution in [2.45, 2.75) is 53.0 Å². The minimum atomic E-state index is 0.0435. The van der Waals surface area contributed by atoms with Gasteiger partial charge in [-0.2, -0.15) is 0 Å². The van der Waals surface area contributed by atoms with Gasteiger partial charge in [-0.3, -0.25) is 4.79 Å². The van der Waals surface area contributed by atoms with Gasteiger partial charge in [0.15, 0.2) is 6.04 Å². The minimum absolute atomic E-state index is 0.0435. The lowest BCUT2D eigenvalue weighted by Gasteiger charge is -2.39. The van der Waals surface area contributed by atoms with E-state index in [4.69, 9.17) is 11.6 Å². The number of halogens is 1. The summed E-state index contributed by atoms with van der Waals surface area (Å²) < 4.78 is 0.939. The third kappa shape index (κ3) is 3.31. The monoisotopic (exact) mass is 323 g/mol. The molecule has 1 unspecified atom stereocenters. The van der Waals surface area contributed by atoms with Crippen LogP contribution in [-0.2, 0) is 4.79 Å². The zero-order valence-electron chi connectivity index (χ0n) is 14.2. The Balaban J connectivity index is 2.23. The number of amides is 1. The Morgan fingerprint density at radius 1 is 1.23 bits per heavy atom. The van der Waals surface area contributed by atoms with E-state index < -0.39 is 0 Å². The third-order valence-corrected chi connectivity index (χ3v) is 5.40. The molecule has 0 radical (unpaired) electrons. The molecule has 1 saturated heterocycles. The maximum Gasteiger partial charge on any atom is 0.282 e. The average Bonchev–Trinajstić information content (AvgIpc) is 2.93. The van der Waals surface area contributed by atoms with Crippen molar-refractivity contribution in [1.29, 1.82) is 0 Å². The topological polar surface area (TPSA) is 29.1 Å². The fraction of sp³-hybridized carbons (Fsp3) is 0.611. The predicted molar refractivity (Wildman–Crippen MR) is 93.4 cm³/mol. The number of likely N-dealkylation sites (tertiary alicyclic amines) is 1. The Morgan fingerprint density at radius 2 is 1.77 bits per heavy atom. The summed E-state index contributed by atoms with van der Waals surface area (Å²) in [5, 5.41) is 3.90. The SMILES string of the molecule is CCC(C(=O)Nc1c(C)cc(Cl)cc1C)[N+]1(CC)CCCC1. The molecule has 1 N–H and O–H groups in total. The van der Waals surface area contributed by atoms with E-state index in [1.165, 1.54) is 12.8 Å². The van der Waals surface area contributed by atoms with Gasteiger partial charge in [-0.25, -0.2) is 0 Å². The number of nitrogens with zero attached hydrogens (tertiary/aromatic N) is 1. The second kappa shape index (κ2) is 7.01. The summed E-state index contributed by atoms with van der Waals surface area (Å²) in [5.41, 5.74) is 2.97. The molecule has 0 aromatic heterocycles. The molecule has 1 amide bonds. The van der Waals surface area contributed by atoms with Crippen molar-refractivity contribution in [3.05, 3.63) is 28.3 Å². The lowest BCUT2D eigenvalue weighted by atomic mass is 10.1. The number of hydrogen-bond acceptors (Lipinski definition) is 1. The Bertz CT molecular complexity index is 527. The first kappa shape index (κ1) is 17.3. The molecule has 0 spiro atoms. The number of carbonyl (C=O) groups is 1. The van der Waals surface area contributed by atoms with E-state index in [2.05, 4.69) is 19.2 Å². The van der Waals surface area contributed by atoms with E-state index in [9.17, 15) is 4.79 Å². The van der Waals surface area contributed by atoms with E-state index in [1.807, 2.05) is 26.0 Å². The van der Waals surface area contributed by atoms with E-state index in [1.54, 1.807) is 0 Å². The zero-order chi connectivity index (χ0) is 16.3. The Kier molecular flexibility index (Phi) is 5.51. The summed E-state index contributed by atoms with van der Waals surface area (Å²) in [7, 11) is 0. The van der Waals surface area contributed by atoms with Gasteiger partial charge in [0.2, 0.25) is 0 Å². The zero-order valence-corrected chi connectivity index (χ0v) is 15.0. The Hall–Kier alpha value is -1.06. The van der Waals surface area contributed by atoms with E-state index in [0.29, 0.717) is 0 Å². The first-order valence-corrected chi connectivity index (χ1v) is 8.74. The minimum Gasteiger partial charge on any atom is -0.320 e. The Labute approximate surface area is 139 Å². The highest BCUT2D eigenvalue weighted by atomic mass is 35.5. The molecule has 122 valence electrons. The van der Waals surface area contributed by atoms with Crippen LogP contribution < -0.4 is 5.32 Å². The normalized spacial score (nSPS) is 18.2. The summed E-state index contributed by atoms with van der Waals surface area (Å²) in [6.07, 6.45) is 3.35. The van der Waals surface area contributed by atoms with Crippen LogP contribution in [0.1, 0.15) is 44.2 Å². The quantitative estimate of drug-likeness (QED) is 0.804. The van der Waals surface area contributed by atoms with Crippen LogP contribution in [-0.4, -0.2) is 36.1 Å². The molecule has 1 atom stereocenters. The summed E-state index contributed by atoms with van der Waals surface area (Å²) >= 11 is 6.08. The smallest absolute Gasteiger partial charge is 0.282 e. The van der Waals surface area contributed by atoms with Crippen LogP contribution >= 0.6 is 11.6 Å². The van der Waals surface area contributed by atoms with Gasteiger partial charge >= 0.3 is 0 Å².